The van der Waals surface area contributed by atoms with E-state index in [1.807, 2.05) is 25.1 Å². The Balaban J connectivity index is 1.49. The zero-order valence-electron chi connectivity index (χ0n) is 17.0. The van der Waals surface area contributed by atoms with E-state index in [0.29, 0.717) is 23.7 Å². The van der Waals surface area contributed by atoms with Crippen LogP contribution in [0.15, 0.2) is 45.8 Å². The molecule has 0 spiro atoms. The first-order valence-electron chi connectivity index (χ1n) is 10.1. The maximum absolute atomic E-state index is 12.7. The molecule has 2 atom stereocenters. The number of carbonyl (C=O) groups excluding carboxylic acids is 1. The number of rotatable bonds is 6. The number of aryl methyl sites for hydroxylation is 2. The Hall–Kier alpha value is -3.26. The van der Waals surface area contributed by atoms with Crippen LogP contribution in [-0.4, -0.2) is 31.8 Å². The van der Waals surface area contributed by atoms with Gasteiger partial charge in [-0.15, -0.1) is 0 Å². The van der Waals surface area contributed by atoms with Crippen LogP contribution < -0.4 is 10.9 Å². The van der Waals surface area contributed by atoms with Gasteiger partial charge in [-0.3, -0.25) is 9.59 Å². The first kappa shape index (κ1) is 20.0. The molecule has 0 aliphatic heterocycles. The maximum Gasteiger partial charge on any atom is 0.252 e. The van der Waals surface area contributed by atoms with Gasteiger partial charge in [0.2, 0.25) is 11.7 Å². The summed E-state index contributed by atoms with van der Waals surface area (Å²) >= 11 is 0. The minimum absolute atomic E-state index is 0.113. The average molecular weight is 408 g/mol. The molecule has 8 heteroatoms. The lowest BCUT2D eigenvalue weighted by atomic mass is 10.0. The van der Waals surface area contributed by atoms with E-state index in [4.69, 9.17) is 4.52 Å². The van der Waals surface area contributed by atoms with Gasteiger partial charge < -0.3 is 19.5 Å². The van der Waals surface area contributed by atoms with E-state index in [1.165, 1.54) is 16.8 Å². The normalized spacial score (nSPS) is 16.3. The van der Waals surface area contributed by atoms with Crippen LogP contribution >= 0.6 is 0 Å². The molecular formula is C22H24N4O4. The molecule has 0 fully saturated rings. The number of aliphatic hydroxyl groups excluding tert-OH is 1. The van der Waals surface area contributed by atoms with Crippen molar-refractivity contribution in [2.45, 2.75) is 51.8 Å². The molecular weight excluding hydrogens is 384 g/mol. The predicted molar refractivity (Wildman–Crippen MR) is 110 cm³/mol. The van der Waals surface area contributed by atoms with Gasteiger partial charge in [0.1, 0.15) is 0 Å². The van der Waals surface area contributed by atoms with Crippen molar-refractivity contribution in [3.8, 4) is 11.4 Å². The van der Waals surface area contributed by atoms with Crippen LogP contribution in [0.2, 0.25) is 0 Å². The Morgan fingerprint density at radius 1 is 1.37 bits per heavy atom. The minimum atomic E-state index is -0.636. The van der Waals surface area contributed by atoms with Gasteiger partial charge in [0.05, 0.1) is 18.7 Å². The van der Waals surface area contributed by atoms with E-state index in [2.05, 4.69) is 15.5 Å². The van der Waals surface area contributed by atoms with Crippen LogP contribution in [0.4, 0.5) is 0 Å². The third-order valence-corrected chi connectivity index (χ3v) is 5.27. The Morgan fingerprint density at radius 2 is 2.20 bits per heavy atom. The zero-order chi connectivity index (χ0) is 21.3. The smallest absolute Gasteiger partial charge is 0.252 e. The fourth-order valence-corrected chi connectivity index (χ4v) is 3.75. The van der Waals surface area contributed by atoms with Crippen molar-refractivity contribution in [2.24, 2.45) is 0 Å². The van der Waals surface area contributed by atoms with Crippen molar-refractivity contribution in [3.05, 3.63) is 69.5 Å². The highest BCUT2D eigenvalue weighted by atomic mass is 16.5. The number of pyridine rings is 1. The van der Waals surface area contributed by atoms with Gasteiger partial charge in [-0.05, 0) is 43.0 Å². The molecule has 156 valence electrons. The molecule has 2 heterocycles. The van der Waals surface area contributed by atoms with Gasteiger partial charge in [0.25, 0.3) is 11.5 Å². The van der Waals surface area contributed by atoms with E-state index < -0.39 is 6.10 Å². The second-order valence-electron chi connectivity index (χ2n) is 7.60. The lowest BCUT2D eigenvalue weighted by Gasteiger charge is -2.15. The summed E-state index contributed by atoms with van der Waals surface area (Å²) in [7, 11) is 0. The van der Waals surface area contributed by atoms with Gasteiger partial charge >= 0.3 is 0 Å². The molecule has 0 radical (unpaired) electrons. The largest absolute Gasteiger partial charge is 0.392 e. The van der Waals surface area contributed by atoms with Crippen molar-refractivity contribution in [3.63, 3.8) is 0 Å². The van der Waals surface area contributed by atoms with Crippen molar-refractivity contribution < 1.29 is 14.4 Å². The van der Waals surface area contributed by atoms with Crippen molar-refractivity contribution in [2.75, 3.05) is 0 Å². The number of fused-ring (bicyclic) bond motifs is 1. The molecule has 1 aromatic carbocycles. The second-order valence-corrected chi connectivity index (χ2v) is 7.60. The van der Waals surface area contributed by atoms with E-state index in [9.17, 15) is 14.7 Å². The molecule has 0 unspecified atom stereocenters. The molecule has 2 aromatic heterocycles. The summed E-state index contributed by atoms with van der Waals surface area (Å²) in [6.45, 7) is 3.76. The van der Waals surface area contributed by atoms with Gasteiger partial charge in [-0.25, -0.2) is 0 Å². The van der Waals surface area contributed by atoms with Gasteiger partial charge in [0, 0.05) is 29.8 Å². The van der Waals surface area contributed by atoms with E-state index in [1.54, 1.807) is 13.0 Å². The summed E-state index contributed by atoms with van der Waals surface area (Å²) in [5.74, 6) is 0.884. The molecule has 0 saturated heterocycles. The summed E-state index contributed by atoms with van der Waals surface area (Å²) in [6, 6.07) is 8.76. The van der Waals surface area contributed by atoms with Crippen LogP contribution in [0.3, 0.4) is 0 Å². The highest BCUT2D eigenvalue weighted by Crippen LogP contribution is 2.33. The van der Waals surface area contributed by atoms with Gasteiger partial charge in [-0.1, -0.05) is 24.2 Å². The highest BCUT2D eigenvalue weighted by Gasteiger charge is 2.25. The van der Waals surface area contributed by atoms with Crippen molar-refractivity contribution in [1.82, 2.24) is 20.0 Å². The minimum Gasteiger partial charge on any atom is -0.392 e. The molecule has 30 heavy (non-hydrogen) atoms. The molecule has 0 saturated carbocycles. The molecule has 1 aliphatic rings. The standard InChI is InChI=1S/C22H24N4O4/c1-3-19-24-21(25-30-19)15-4-6-17-14(10-15)5-7-18(17)23-22(29)16-8-9-26(12-13(2)27)20(28)11-16/h4,6,8-11,13,18,27H,3,5,7,12H2,1-2H3,(H,23,29)/t13-,18-/m1/s1. The van der Waals surface area contributed by atoms with Crippen LogP contribution in [0.1, 0.15) is 53.7 Å². The lowest BCUT2D eigenvalue weighted by Crippen LogP contribution is -2.30. The van der Waals surface area contributed by atoms with Crippen molar-refractivity contribution >= 4 is 5.91 Å². The molecule has 4 rings (SSSR count). The summed E-state index contributed by atoms with van der Waals surface area (Å²) in [5.41, 5.74) is 3.10. The van der Waals surface area contributed by atoms with Crippen LogP contribution in [0, 0.1) is 0 Å². The first-order chi connectivity index (χ1) is 14.4. The Kier molecular flexibility index (Phi) is 5.50. The van der Waals surface area contributed by atoms with E-state index >= 15 is 0 Å². The molecule has 3 aromatic rings. The summed E-state index contributed by atoms with van der Waals surface area (Å²) in [5, 5.41) is 16.5. The van der Waals surface area contributed by atoms with E-state index in [-0.39, 0.29) is 24.1 Å². The molecule has 1 amide bonds. The SMILES string of the molecule is CCc1nc(-c2ccc3c(c2)CC[C@H]3NC(=O)c2ccn(C[C@@H](C)O)c(=O)c2)no1. The number of nitrogens with one attached hydrogen (secondary N) is 1. The topological polar surface area (TPSA) is 110 Å². The highest BCUT2D eigenvalue weighted by molar-refractivity contribution is 5.94. The average Bonchev–Trinajstić information content (AvgIpc) is 3.36. The Bertz CT molecular complexity index is 1130. The van der Waals surface area contributed by atoms with E-state index in [0.717, 1.165) is 29.5 Å². The second kappa shape index (κ2) is 8.23. The fraction of sp³-hybridized carbons (Fsp3) is 0.364. The number of aliphatic hydroxyl groups is 1. The quantitative estimate of drug-likeness (QED) is 0.647. The number of carbonyl (C=O) groups is 1. The van der Waals surface area contributed by atoms with Crippen molar-refractivity contribution in [1.29, 1.82) is 0 Å². The molecule has 8 nitrogen and oxygen atoms in total. The third kappa shape index (κ3) is 4.04. The molecule has 2 N–H and O–H groups in total. The monoisotopic (exact) mass is 408 g/mol. The number of nitrogens with zero attached hydrogens (tertiary/aromatic N) is 3. The first-order valence-corrected chi connectivity index (χ1v) is 10.1. The Morgan fingerprint density at radius 3 is 2.90 bits per heavy atom. The number of hydrogen-bond donors (Lipinski definition) is 2. The van der Waals surface area contributed by atoms with Crippen LogP contribution in [-0.2, 0) is 19.4 Å². The maximum atomic E-state index is 12.7. The summed E-state index contributed by atoms with van der Waals surface area (Å²) < 4.78 is 6.57. The predicted octanol–water partition coefficient (Wildman–Crippen LogP) is 2.26. The fourth-order valence-electron chi connectivity index (χ4n) is 3.75. The number of aromatic nitrogens is 3. The third-order valence-electron chi connectivity index (χ3n) is 5.27. The zero-order valence-corrected chi connectivity index (χ0v) is 17.0. The van der Waals surface area contributed by atoms with Gasteiger partial charge in [-0.2, -0.15) is 4.98 Å². The van der Waals surface area contributed by atoms with Gasteiger partial charge in [0.15, 0.2) is 0 Å². The lowest BCUT2D eigenvalue weighted by molar-refractivity contribution is 0.0936. The summed E-state index contributed by atoms with van der Waals surface area (Å²) in [4.78, 5) is 29.2. The number of benzene rings is 1. The molecule has 0 bridgehead atoms. The van der Waals surface area contributed by atoms with Crippen LogP contribution in [0.5, 0.6) is 0 Å². The van der Waals surface area contributed by atoms with Crippen LogP contribution in [0.25, 0.3) is 11.4 Å². The summed E-state index contributed by atoms with van der Waals surface area (Å²) in [6.07, 6.45) is 3.21. The molecule has 1 aliphatic carbocycles. The Labute approximate surface area is 173 Å². The number of hydrogen-bond acceptors (Lipinski definition) is 6. The number of amides is 1.